The maximum Gasteiger partial charge on any atom is 0.103 e. The zero-order valence-electron chi connectivity index (χ0n) is 5.09. The zero-order chi connectivity index (χ0) is 6.41. The second-order valence-corrected chi connectivity index (χ2v) is 1.30. The van der Waals surface area contributed by atoms with Gasteiger partial charge >= 0.3 is 0 Å². The molecule has 0 spiro atoms. The maximum atomic E-state index is 9.76. The second-order valence-electron chi connectivity index (χ2n) is 1.30. The normalized spacial score (nSPS) is 12.5. The molecule has 2 heteroatoms. The van der Waals surface area contributed by atoms with Crippen LogP contribution in [0.4, 0.5) is 0 Å². The smallest absolute Gasteiger partial charge is 0.103 e. The Labute approximate surface area is 48.9 Å². The van der Waals surface area contributed by atoms with Gasteiger partial charge in [-0.25, -0.2) is 0 Å². The SMILES string of the molecule is CC=CC(=CC)N=O. The number of allylic oxidation sites excluding steroid dienone is 3. The highest BCUT2D eigenvalue weighted by atomic mass is 16.3. The molecule has 44 valence electrons. The van der Waals surface area contributed by atoms with Gasteiger partial charge in [-0.3, -0.25) is 0 Å². The molecule has 8 heavy (non-hydrogen) atoms. The van der Waals surface area contributed by atoms with Crippen LogP contribution in [0.5, 0.6) is 0 Å². The molecular formula is C6H9NO. The van der Waals surface area contributed by atoms with E-state index in [2.05, 4.69) is 5.18 Å². The lowest BCUT2D eigenvalue weighted by molar-refractivity contribution is 1.35. The first-order chi connectivity index (χ1) is 3.85. The fraction of sp³-hybridized carbons (Fsp3) is 0.333. The molecule has 0 saturated carbocycles. The van der Waals surface area contributed by atoms with Gasteiger partial charge in [-0.15, -0.1) is 4.91 Å². The summed E-state index contributed by atoms with van der Waals surface area (Å²) >= 11 is 0. The number of hydrogen-bond donors (Lipinski definition) is 0. The topological polar surface area (TPSA) is 29.4 Å². The number of rotatable bonds is 2. The van der Waals surface area contributed by atoms with Crippen LogP contribution in [0.2, 0.25) is 0 Å². The molecule has 0 saturated heterocycles. The summed E-state index contributed by atoms with van der Waals surface area (Å²) in [4.78, 5) is 9.76. The monoisotopic (exact) mass is 111 g/mol. The van der Waals surface area contributed by atoms with E-state index < -0.39 is 0 Å². The van der Waals surface area contributed by atoms with E-state index in [0.717, 1.165) is 0 Å². The van der Waals surface area contributed by atoms with Crippen molar-refractivity contribution in [2.75, 3.05) is 0 Å². The largest absolute Gasteiger partial charge is 0.145 e. The predicted molar refractivity (Wildman–Crippen MR) is 34.4 cm³/mol. The number of nitrogens with zero attached hydrogens (tertiary/aromatic N) is 1. The molecule has 0 radical (unpaired) electrons. The molecule has 0 aliphatic rings. The van der Waals surface area contributed by atoms with Crippen LogP contribution < -0.4 is 0 Å². The van der Waals surface area contributed by atoms with Crippen LogP contribution in [0.1, 0.15) is 13.8 Å². The Morgan fingerprint density at radius 3 is 2.25 bits per heavy atom. The van der Waals surface area contributed by atoms with E-state index in [9.17, 15) is 4.91 Å². The lowest BCUT2D eigenvalue weighted by Gasteiger charge is -1.79. The summed E-state index contributed by atoms with van der Waals surface area (Å²) in [6.07, 6.45) is 5.09. The van der Waals surface area contributed by atoms with E-state index in [4.69, 9.17) is 0 Å². The summed E-state index contributed by atoms with van der Waals surface area (Å²) in [6.45, 7) is 3.62. The highest BCUT2D eigenvalue weighted by molar-refractivity contribution is 5.14. The van der Waals surface area contributed by atoms with Crippen LogP contribution >= 0.6 is 0 Å². The molecule has 0 N–H and O–H groups in total. The first-order valence-electron chi connectivity index (χ1n) is 2.47. The van der Waals surface area contributed by atoms with Gasteiger partial charge in [0.2, 0.25) is 0 Å². The van der Waals surface area contributed by atoms with Crippen LogP contribution in [0.25, 0.3) is 0 Å². The van der Waals surface area contributed by atoms with Crippen molar-refractivity contribution < 1.29 is 0 Å². The molecular weight excluding hydrogens is 102 g/mol. The molecule has 0 atom stereocenters. The third-order valence-electron chi connectivity index (χ3n) is 0.739. The summed E-state index contributed by atoms with van der Waals surface area (Å²) in [5.74, 6) is 0. The van der Waals surface area contributed by atoms with Crippen molar-refractivity contribution in [1.82, 2.24) is 0 Å². The summed E-state index contributed by atoms with van der Waals surface area (Å²) in [6, 6.07) is 0. The van der Waals surface area contributed by atoms with Gasteiger partial charge in [0.25, 0.3) is 0 Å². The van der Waals surface area contributed by atoms with Gasteiger partial charge < -0.3 is 0 Å². The van der Waals surface area contributed by atoms with Crippen LogP contribution in [0, 0.1) is 4.91 Å². The minimum Gasteiger partial charge on any atom is -0.145 e. The fourth-order valence-electron chi connectivity index (χ4n) is 0.350. The van der Waals surface area contributed by atoms with Gasteiger partial charge in [0.15, 0.2) is 0 Å². The number of hydrogen-bond acceptors (Lipinski definition) is 2. The average molecular weight is 111 g/mol. The van der Waals surface area contributed by atoms with Gasteiger partial charge in [-0.2, -0.15) is 0 Å². The van der Waals surface area contributed by atoms with Gasteiger partial charge in [-0.1, -0.05) is 12.2 Å². The van der Waals surface area contributed by atoms with E-state index in [1.807, 2.05) is 6.92 Å². The average Bonchev–Trinajstić information content (AvgIpc) is 1.83. The predicted octanol–water partition coefficient (Wildman–Crippen LogP) is 2.23. The first kappa shape index (κ1) is 7.08. The molecule has 0 aromatic heterocycles. The van der Waals surface area contributed by atoms with Crippen LogP contribution in [0.15, 0.2) is 29.1 Å². The van der Waals surface area contributed by atoms with Crippen molar-refractivity contribution >= 4 is 0 Å². The molecule has 0 aromatic carbocycles. The molecule has 0 bridgehead atoms. The Morgan fingerprint density at radius 2 is 2.12 bits per heavy atom. The van der Waals surface area contributed by atoms with Crippen LogP contribution in [-0.2, 0) is 0 Å². The minimum atomic E-state index is 0.479. The Hall–Kier alpha value is -0.920. The lowest BCUT2D eigenvalue weighted by atomic mass is 10.4. The Morgan fingerprint density at radius 1 is 1.50 bits per heavy atom. The molecule has 0 unspecified atom stereocenters. The molecule has 2 nitrogen and oxygen atoms in total. The third kappa shape index (κ3) is 2.29. The zero-order valence-corrected chi connectivity index (χ0v) is 5.09. The molecule has 0 rings (SSSR count). The van der Waals surface area contributed by atoms with Crippen molar-refractivity contribution in [3.8, 4) is 0 Å². The molecule has 0 heterocycles. The van der Waals surface area contributed by atoms with E-state index in [0.29, 0.717) is 5.70 Å². The molecule has 0 aromatic rings. The summed E-state index contributed by atoms with van der Waals surface area (Å²) in [5.41, 5.74) is 0.479. The van der Waals surface area contributed by atoms with Gasteiger partial charge in [0.05, 0.1) is 0 Å². The first-order valence-corrected chi connectivity index (χ1v) is 2.47. The van der Waals surface area contributed by atoms with Crippen LogP contribution in [0.3, 0.4) is 0 Å². The highest BCUT2D eigenvalue weighted by Crippen LogP contribution is 1.95. The summed E-state index contributed by atoms with van der Waals surface area (Å²) < 4.78 is 0. The Bertz CT molecular complexity index is 124. The Kier molecular flexibility index (Phi) is 3.76. The van der Waals surface area contributed by atoms with Crippen molar-refractivity contribution in [1.29, 1.82) is 0 Å². The standard InChI is InChI=1S/C6H9NO/c1-3-5-6(4-2)7-8/h3-5H,1-2H3. The van der Waals surface area contributed by atoms with Gasteiger partial charge in [0, 0.05) is 0 Å². The fourth-order valence-corrected chi connectivity index (χ4v) is 0.350. The lowest BCUT2D eigenvalue weighted by Crippen LogP contribution is -1.63. The second kappa shape index (κ2) is 4.24. The minimum absolute atomic E-state index is 0.479. The maximum absolute atomic E-state index is 9.76. The van der Waals surface area contributed by atoms with E-state index in [1.165, 1.54) is 0 Å². The third-order valence-corrected chi connectivity index (χ3v) is 0.739. The van der Waals surface area contributed by atoms with E-state index >= 15 is 0 Å². The van der Waals surface area contributed by atoms with E-state index in [1.54, 1.807) is 25.2 Å². The quantitative estimate of drug-likeness (QED) is 0.397. The molecule has 0 amide bonds. The van der Waals surface area contributed by atoms with Gasteiger partial charge in [0.1, 0.15) is 5.70 Å². The summed E-state index contributed by atoms with van der Waals surface area (Å²) in [7, 11) is 0. The number of nitroso groups, excluding NO2 is 1. The molecule has 0 aliphatic heterocycles. The van der Waals surface area contributed by atoms with Crippen molar-refractivity contribution in [3.05, 3.63) is 28.8 Å². The van der Waals surface area contributed by atoms with Crippen LogP contribution in [-0.4, -0.2) is 0 Å². The van der Waals surface area contributed by atoms with Gasteiger partial charge in [-0.05, 0) is 25.1 Å². The van der Waals surface area contributed by atoms with E-state index in [-0.39, 0.29) is 0 Å². The summed E-state index contributed by atoms with van der Waals surface area (Å²) in [5, 5.41) is 2.72. The highest BCUT2D eigenvalue weighted by Gasteiger charge is 1.80. The Balaban J connectivity index is 3.91. The van der Waals surface area contributed by atoms with Crippen molar-refractivity contribution in [2.45, 2.75) is 13.8 Å². The van der Waals surface area contributed by atoms with Crippen molar-refractivity contribution in [3.63, 3.8) is 0 Å². The van der Waals surface area contributed by atoms with Crippen molar-refractivity contribution in [2.24, 2.45) is 5.18 Å². The molecule has 0 aliphatic carbocycles. The molecule has 0 fully saturated rings.